The predicted molar refractivity (Wildman–Crippen MR) is 93.6 cm³/mol. The van der Waals surface area contributed by atoms with Crippen LogP contribution in [0.3, 0.4) is 0 Å². The Labute approximate surface area is 134 Å². The molecule has 0 atom stereocenters. The van der Waals surface area contributed by atoms with Crippen molar-refractivity contribution in [2.24, 2.45) is 0 Å². The van der Waals surface area contributed by atoms with E-state index in [-0.39, 0.29) is 5.41 Å². The summed E-state index contributed by atoms with van der Waals surface area (Å²) in [6.07, 6.45) is 0. The zero-order chi connectivity index (χ0) is 16.3. The van der Waals surface area contributed by atoms with E-state index in [1.165, 1.54) is 11.3 Å². The van der Waals surface area contributed by atoms with Crippen LogP contribution in [0.15, 0.2) is 48.5 Å². The van der Waals surface area contributed by atoms with E-state index in [2.05, 4.69) is 69.9 Å². The molecule has 114 valence electrons. The van der Waals surface area contributed by atoms with Crippen LogP contribution in [0.2, 0.25) is 0 Å². The van der Waals surface area contributed by atoms with Gasteiger partial charge in [0.25, 0.3) is 0 Å². The summed E-state index contributed by atoms with van der Waals surface area (Å²) in [6.45, 7) is 11.0. The Morgan fingerprint density at radius 1 is 0.864 bits per heavy atom. The number of hydrogen-bond acceptors (Lipinski definition) is 2. The molecule has 2 nitrogen and oxygen atoms in total. The average molecular weight is 292 g/mol. The molecule has 0 amide bonds. The van der Waals surface area contributed by atoms with E-state index in [4.69, 9.17) is 5.26 Å². The maximum Gasteiger partial charge on any atom is 0.0991 e. The number of benzene rings is 2. The van der Waals surface area contributed by atoms with Gasteiger partial charge in [-0.1, -0.05) is 32.9 Å². The monoisotopic (exact) mass is 292 g/mol. The summed E-state index contributed by atoms with van der Waals surface area (Å²) in [4.78, 5) is 2.29. The van der Waals surface area contributed by atoms with E-state index in [0.717, 1.165) is 5.69 Å². The number of nitriles is 1. The van der Waals surface area contributed by atoms with Crippen molar-refractivity contribution in [2.75, 3.05) is 4.90 Å². The molecule has 2 rings (SSSR count). The Hall–Kier alpha value is -2.27. The molecular formula is C20H24N2. The second-order valence-electron chi connectivity index (χ2n) is 6.92. The highest BCUT2D eigenvalue weighted by atomic mass is 15.2. The lowest BCUT2D eigenvalue weighted by molar-refractivity contribution is 0.590. The highest BCUT2D eigenvalue weighted by Gasteiger charge is 2.16. The van der Waals surface area contributed by atoms with Gasteiger partial charge in [-0.3, -0.25) is 0 Å². The number of anilines is 2. The Balaban J connectivity index is 2.37. The molecule has 0 saturated heterocycles. The Bertz CT molecular complexity index is 653. The maximum absolute atomic E-state index is 8.94. The molecule has 0 aromatic heterocycles. The van der Waals surface area contributed by atoms with Crippen molar-refractivity contribution in [1.82, 2.24) is 0 Å². The molecule has 0 N–H and O–H groups in total. The third-order valence-electron chi connectivity index (χ3n) is 3.80. The summed E-state index contributed by atoms with van der Waals surface area (Å²) in [5.41, 5.74) is 4.47. The van der Waals surface area contributed by atoms with Crippen LogP contribution >= 0.6 is 0 Å². The molecule has 0 aliphatic rings. The molecule has 0 saturated carbocycles. The van der Waals surface area contributed by atoms with Gasteiger partial charge >= 0.3 is 0 Å². The molecule has 0 heterocycles. The first-order chi connectivity index (χ1) is 10.3. The van der Waals surface area contributed by atoms with Crippen molar-refractivity contribution in [1.29, 1.82) is 5.26 Å². The fourth-order valence-electron chi connectivity index (χ4n) is 2.56. The largest absolute Gasteiger partial charge is 0.339 e. The Kier molecular flexibility index (Phi) is 4.56. The van der Waals surface area contributed by atoms with Gasteiger partial charge in [0, 0.05) is 17.4 Å². The van der Waals surface area contributed by atoms with Crippen LogP contribution in [0.25, 0.3) is 0 Å². The van der Waals surface area contributed by atoms with Gasteiger partial charge in [-0.2, -0.15) is 5.26 Å². The van der Waals surface area contributed by atoms with Crippen molar-refractivity contribution in [3.8, 4) is 6.07 Å². The van der Waals surface area contributed by atoms with Crippen LogP contribution in [-0.4, -0.2) is 6.04 Å². The fraction of sp³-hybridized carbons (Fsp3) is 0.350. The van der Waals surface area contributed by atoms with Crippen LogP contribution in [-0.2, 0) is 5.41 Å². The zero-order valence-corrected chi connectivity index (χ0v) is 14.1. The predicted octanol–water partition coefficient (Wildman–Crippen LogP) is 5.40. The smallest absolute Gasteiger partial charge is 0.0991 e. The van der Waals surface area contributed by atoms with E-state index in [9.17, 15) is 0 Å². The van der Waals surface area contributed by atoms with Crippen molar-refractivity contribution in [3.05, 3.63) is 59.7 Å². The Morgan fingerprint density at radius 3 is 1.68 bits per heavy atom. The standard InChI is InChI=1S/C20H24N2/c1-15(2)22(18-10-6-16(14-21)7-11-18)19-12-8-17(9-13-19)20(3,4)5/h6-13,15H,1-5H3. The first-order valence-electron chi connectivity index (χ1n) is 7.73. The van der Waals surface area contributed by atoms with Gasteiger partial charge in [-0.25, -0.2) is 0 Å². The van der Waals surface area contributed by atoms with E-state index in [1.54, 1.807) is 0 Å². The molecule has 0 fully saturated rings. The van der Waals surface area contributed by atoms with Crippen molar-refractivity contribution >= 4 is 11.4 Å². The highest BCUT2D eigenvalue weighted by molar-refractivity contribution is 5.65. The van der Waals surface area contributed by atoms with Crippen molar-refractivity contribution in [3.63, 3.8) is 0 Å². The SMILES string of the molecule is CC(C)N(c1ccc(C#N)cc1)c1ccc(C(C)(C)C)cc1. The number of rotatable bonds is 3. The van der Waals surface area contributed by atoms with E-state index in [0.29, 0.717) is 11.6 Å². The maximum atomic E-state index is 8.94. The molecule has 2 aromatic rings. The average Bonchev–Trinajstić information content (AvgIpc) is 2.47. The first-order valence-corrected chi connectivity index (χ1v) is 7.73. The van der Waals surface area contributed by atoms with Gasteiger partial charge in [-0.15, -0.1) is 0 Å². The lowest BCUT2D eigenvalue weighted by atomic mass is 9.87. The van der Waals surface area contributed by atoms with Crippen molar-refractivity contribution < 1.29 is 0 Å². The van der Waals surface area contributed by atoms with Gasteiger partial charge in [0.05, 0.1) is 11.6 Å². The summed E-state index contributed by atoms with van der Waals surface area (Å²) in [6, 6.07) is 19.0. The van der Waals surface area contributed by atoms with Gasteiger partial charge in [0.15, 0.2) is 0 Å². The molecule has 0 aliphatic carbocycles. The Morgan fingerprint density at radius 2 is 1.32 bits per heavy atom. The molecule has 22 heavy (non-hydrogen) atoms. The molecule has 0 aliphatic heterocycles. The molecule has 2 aromatic carbocycles. The minimum atomic E-state index is 0.162. The van der Waals surface area contributed by atoms with E-state index >= 15 is 0 Å². The second kappa shape index (κ2) is 6.23. The summed E-state index contributed by atoms with van der Waals surface area (Å²) in [7, 11) is 0. The van der Waals surface area contributed by atoms with Crippen LogP contribution in [0.1, 0.15) is 45.7 Å². The molecule has 0 spiro atoms. The highest BCUT2D eigenvalue weighted by Crippen LogP contribution is 2.30. The van der Waals surface area contributed by atoms with Gasteiger partial charge < -0.3 is 4.90 Å². The summed E-state index contributed by atoms with van der Waals surface area (Å²) in [5, 5.41) is 8.94. The van der Waals surface area contributed by atoms with Gasteiger partial charge in [-0.05, 0) is 61.2 Å². The van der Waals surface area contributed by atoms with Crippen LogP contribution < -0.4 is 4.90 Å². The summed E-state index contributed by atoms with van der Waals surface area (Å²) < 4.78 is 0. The van der Waals surface area contributed by atoms with Crippen LogP contribution in [0, 0.1) is 11.3 Å². The quantitative estimate of drug-likeness (QED) is 0.757. The van der Waals surface area contributed by atoms with E-state index < -0.39 is 0 Å². The third kappa shape index (κ3) is 3.49. The first kappa shape index (κ1) is 16.1. The lowest BCUT2D eigenvalue weighted by Gasteiger charge is -2.30. The summed E-state index contributed by atoms with van der Waals surface area (Å²) >= 11 is 0. The topological polar surface area (TPSA) is 27.0 Å². The number of nitrogens with zero attached hydrogens (tertiary/aromatic N) is 2. The molecule has 0 bridgehead atoms. The lowest BCUT2D eigenvalue weighted by Crippen LogP contribution is -2.25. The molecule has 2 heteroatoms. The van der Waals surface area contributed by atoms with Gasteiger partial charge in [0.2, 0.25) is 0 Å². The minimum Gasteiger partial charge on any atom is -0.339 e. The number of hydrogen-bond donors (Lipinski definition) is 0. The summed E-state index contributed by atoms with van der Waals surface area (Å²) in [5.74, 6) is 0. The normalized spacial score (nSPS) is 11.3. The molecule has 0 radical (unpaired) electrons. The van der Waals surface area contributed by atoms with Crippen molar-refractivity contribution in [2.45, 2.75) is 46.1 Å². The third-order valence-corrected chi connectivity index (χ3v) is 3.80. The van der Waals surface area contributed by atoms with Gasteiger partial charge in [0.1, 0.15) is 0 Å². The van der Waals surface area contributed by atoms with Crippen LogP contribution in [0.4, 0.5) is 11.4 Å². The van der Waals surface area contributed by atoms with E-state index in [1.807, 2.05) is 24.3 Å². The zero-order valence-electron chi connectivity index (χ0n) is 14.1. The minimum absolute atomic E-state index is 0.162. The molecular weight excluding hydrogens is 268 g/mol. The molecule has 0 unspecified atom stereocenters. The second-order valence-corrected chi connectivity index (χ2v) is 6.92. The fourth-order valence-corrected chi connectivity index (χ4v) is 2.56. The van der Waals surface area contributed by atoms with Crippen LogP contribution in [0.5, 0.6) is 0 Å².